The van der Waals surface area contributed by atoms with Gasteiger partial charge in [0.15, 0.2) is 0 Å². The molecular weight excluding hydrogens is 319 g/mol. The molecule has 0 saturated heterocycles. The highest BCUT2D eigenvalue weighted by atomic mass is 35.5. The van der Waals surface area contributed by atoms with Crippen LogP contribution in [0.2, 0.25) is 10.0 Å². The van der Waals surface area contributed by atoms with Crippen LogP contribution in [0.25, 0.3) is 0 Å². The number of rotatable bonds is 8. The molecule has 0 aliphatic heterocycles. The number of carbonyl (C=O) groups excluding carboxylic acids is 2. The lowest BCUT2D eigenvalue weighted by molar-refractivity contribution is -0.118. The average Bonchev–Trinajstić information content (AvgIpc) is 2.38. The molecule has 0 aliphatic carbocycles. The van der Waals surface area contributed by atoms with Crippen LogP contribution in [0.4, 0.5) is 0 Å². The van der Waals surface area contributed by atoms with Crippen molar-refractivity contribution in [1.29, 1.82) is 0 Å². The fourth-order valence-electron chi connectivity index (χ4n) is 1.51. The van der Waals surface area contributed by atoms with Crippen LogP contribution in [0, 0.1) is 0 Å². The van der Waals surface area contributed by atoms with Gasteiger partial charge in [0.05, 0.1) is 21.6 Å². The first-order chi connectivity index (χ1) is 9.49. The standard InChI is InChI=1S/C13H16Cl2N2O2S/c14-10-4-3-9(6-11(10)15)2-1-5-17-13(19)8-20-7-12(16)18/h3-4,6H,1-2,5,7-8H2,(H2,16,18)(H,17,19). The third-order valence-corrected chi connectivity index (χ3v) is 4.12. The van der Waals surface area contributed by atoms with Gasteiger partial charge in [0, 0.05) is 6.54 Å². The molecule has 1 aromatic carbocycles. The summed E-state index contributed by atoms with van der Waals surface area (Å²) >= 11 is 13.0. The number of nitrogens with two attached hydrogens (primary N) is 1. The number of carbonyl (C=O) groups is 2. The van der Waals surface area contributed by atoms with Gasteiger partial charge in [-0.2, -0.15) is 0 Å². The number of hydrogen-bond acceptors (Lipinski definition) is 3. The summed E-state index contributed by atoms with van der Waals surface area (Å²) in [5, 5.41) is 3.86. The van der Waals surface area contributed by atoms with Gasteiger partial charge in [-0.15, -0.1) is 11.8 Å². The zero-order valence-corrected chi connectivity index (χ0v) is 13.2. The Balaban J connectivity index is 2.16. The van der Waals surface area contributed by atoms with Gasteiger partial charge in [-0.05, 0) is 30.5 Å². The summed E-state index contributed by atoms with van der Waals surface area (Å²) in [6, 6.07) is 5.51. The quantitative estimate of drug-likeness (QED) is 0.716. The zero-order valence-electron chi connectivity index (χ0n) is 10.8. The van der Waals surface area contributed by atoms with E-state index in [0.717, 1.165) is 18.4 Å². The van der Waals surface area contributed by atoms with Crippen LogP contribution in [-0.2, 0) is 16.0 Å². The highest BCUT2D eigenvalue weighted by molar-refractivity contribution is 8.00. The monoisotopic (exact) mass is 334 g/mol. The minimum absolute atomic E-state index is 0.0922. The molecule has 20 heavy (non-hydrogen) atoms. The van der Waals surface area contributed by atoms with Gasteiger partial charge in [-0.1, -0.05) is 29.3 Å². The molecule has 0 heterocycles. The van der Waals surface area contributed by atoms with Gasteiger partial charge < -0.3 is 11.1 Å². The van der Waals surface area contributed by atoms with Crippen LogP contribution in [0.5, 0.6) is 0 Å². The molecule has 0 saturated carbocycles. The summed E-state index contributed by atoms with van der Waals surface area (Å²) < 4.78 is 0. The topological polar surface area (TPSA) is 72.2 Å². The minimum Gasteiger partial charge on any atom is -0.369 e. The maximum atomic E-state index is 11.4. The third kappa shape index (κ3) is 7.03. The maximum absolute atomic E-state index is 11.4. The van der Waals surface area contributed by atoms with Crippen molar-refractivity contribution in [1.82, 2.24) is 5.32 Å². The molecule has 110 valence electrons. The number of aryl methyl sites for hydroxylation is 1. The Morgan fingerprint density at radius 3 is 2.60 bits per heavy atom. The Morgan fingerprint density at radius 1 is 1.20 bits per heavy atom. The smallest absolute Gasteiger partial charge is 0.230 e. The van der Waals surface area contributed by atoms with Crippen molar-refractivity contribution in [3.05, 3.63) is 33.8 Å². The van der Waals surface area contributed by atoms with Crippen molar-refractivity contribution in [2.75, 3.05) is 18.1 Å². The Morgan fingerprint density at radius 2 is 1.95 bits per heavy atom. The first-order valence-corrected chi connectivity index (χ1v) is 7.97. The molecule has 0 radical (unpaired) electrons. The van der Waals surface area contributed by atoms with Crippen molar-refractivity contribution in [2.24, 2.45) is 5.73 Å². The summed E-state index contributed by atoms with van der Waals surface area (Å²) in [4.78, 5) is 21.9. The van der Waals surface area contributed by atoms with E-state index < -0.39 is 5.91 Å². The number of nitrogens with one attached hydrogen (secondary N) is 1. The minimum atomic E-state index is -0.414. The van der Waals surface area contributed by atoms with E-state index in [2.05, 4.69) is 5.32 Å². The molecule has 7 heteroatoms. The van der Waals surface area contributed by atoms with E-state index in [9.17, 15) is 9.59 Å². The average molecular weight is 335 g/mol. The van der Waals surface area contributed by atoms with Gasteiger partial charge in [0.1, 0.15) is 0 Å². The number of benzene rings is 1. The highest BCUT2D eigenvalue weighted by Gasteiger charge is 2.03. The van der Waals surface area contributed by atoms with Crippen molar-refractivity contribution < 1.29 is 9.59 Å². The lowest BCUT2D eigenvalue weighted by Gasteiger charge is -2.06. The number of hydrogen-bond donors (Lipinski definition) is 2. The number of thioether (sulfide) groups is 1. The first-order valence-electron chi connectivity index (χ1n) is 6.05. The highest BCUT2D eigenvalue weighted by Crippen LogP contribution is 2.22. The normalized spacial score (nSPS) is 10.3. The summed E-state index contributed by atoms with van der Waals surface area (Å²) in [6.07, 6.45) is 1.62. The second-order valence-corrected chi connectivity index (χ2v) is 5.96. The molecule has 0 atom stereocenters. The number of amides is 2. The van der Waals surface area contributed by atoms with Crippen LogP contribution in [0.3, 0.4) is 0 Å². The molecule has 4 nitrogen and oxygen atoms in total. The lowest BCUT2D eigenvalue weighted by Crippen LogP contribution is -2.27. The van der Waals surface area contributed by atoms with Crippen LogP contribution in [0.15, 0.2) is 18.2 Å². The molecule has 2 amide bonds. The van der Waals surface area contributed by atoms with Crippen molar-refractivity contribution in [2.45, 2.75) is 12.8 Å². The molecule has 0 aromatic heterocycles. The molecule has 0 aliphatic rings. The third-order valence-electron chi connectivity index (χ3n) is 2.43. The number of halogens is 2. The lowest BCUT2D eigenvalue weighted by atomic mass is 10.1. The molecule has 0 fully saturated rings. The molecule has 3 N–H and O–H groups in total. The largest absolute Gasteiger partial charge is 0.369 e. The fourth-order valence-corrected chi connectivity index (χ4v) is 2.42. The van der Waals surface area contributed by atoms with E-state index in [1.54, 1.807) is 6.07 Å². The Labute approximate surface area is 132 Å². The van der Waals surface area contributed by atoms with E-state index >= 15 is 0 Å². The van der Waals surface area contributed by atoms with Crippen LogP contribution in [0.1, 0.15) is 12.0 Å². The molecule has 0 spiro atoms. The van der Waals surface area contributed by atoms with Gasteiger partial charge in [-0.25, -0.2) is 0 Å². The Kier molecular flexibility index (Phi) is 7.80. The molecule has 1 rings (SSSR count). The zero-order chi connectivity index (χ0) is 15.0. The Bertz CT molecular complexity index is 483. The van der Waals surface area contributed by atoms with E-state index in [-0.39, 0.29) is 17.4 Å². The predicted octanol–water partition coefficient (Wildman–Crippen LogP) is 2.26. The molecular formula is C13H16Cl2N2O2S. The summed E-state index contributed by atoms with van der Waals surface area (Å²) in [6.45, 7) is 0.580. The van der Waals surface area contributed by atoms with E-state index in [1.165, 1.54) is 11.8 Å². The van der Waals surface area contributed by atoms with E-state index in [4.69, 9.17) is 28.9 Å². The van der Waals surface area contributed by atoms with E-state index in [1.807, 2.05) is 12.1 Å². The van der Waals surface area contributed by atoms with Crippen molar-refractivity contribution >= 4 is 46.8 Å². The van der Waals surface area contributed by atoms with Crippen molar-refractivity contribution in [3.8, 4) is 0 Å². The molecule has 0 bridgehead atoms. The van der Waals surface area contributed by atoms with Crippen molar-refractivity contribution in [3.63, 3.8) is 0 Å². The van der Waals surface area contributed by atoms with E-state index in [0.29, 0.717) is 16.6 Å². The molecule has 1 aromatic rings. The number of primary amides is 1. The Hall–Kier alpha value is -0.910. The van der Waals surface area contributed by atoms with Crippen LogP contribution in [-0.4, -0.2) is 29.9 Å². The van der Waals surface area contributed by atoms with Gasteiger partial charge >= 0.3 is 0 Å². The summed E-state index contributed by atoms with van der Waals surface area (Å²) in [5.41, 5.74) is 6.06. The second-order valence-electron chi connectivity index (χ2n) is 4.16. The summed E-state index contributed by atoms with van der Waals surface area (Å²) in [5.74, 6) is -0.0975. The first kappa shape index (κ1) is 17.1. The maximum Gasteiger partial charge on any atom is 0.230 e. The summed E-state index contributed by atoms with van der Waals surface area (Å²) in [7, 11) is 0. The SMILES string of the molecule is NC(=O)CSCC(=O)NCCCc1ccc(Cl)c(Cl)c1. The second kappa shape index (κ2) is 9.10. The van der Waals surface area contributed by atoms with Gasteiger partial charge in [-0.3, -0.25) is 9.59 Å². The van der Waals surface area contributed by atoms with Crippen LogP contribution >= 0.6 is 35.0 Å². The molecule has 0 unspecified atom stereocenters. The van der Waals surface area contributed by atoms with Gasteiger partial charge in [0.2, 0.25) is 11.8 Å². The predicted molar refractivity (Wildman–Crippen MR) is 84.3 cm³/mol. The van der Waals surface area contributed by atoms with Crippen LogP contribution < -0.4 is 11.1 Å². The fraction of sp³-hybridized carbons (Fsp3) is 0.385. The van der Waals surface area contributed by atoms with Gasteiger partial charge in [0.25, 0.3) is 0 Å².